The van der Waals surface area contributed by atoms with Crippen LogP contribution in [0.3, 0.4) is 0 Å². The SMILES string of the molecule is CCCc1cn(CC2CCCN(c3ncnc4nc[nH]c34)C2)nn1. The molecule has 1 fully saturated rings. The van der Waals surface area contributed by atoms with Crippen LogP contribution in [-0.4, -0.2) is 48.0 Å². The van der Waals surface area contributed by atoms with Crippen molar-refractivity contribution in [1.29, 1.82) is 0 Å². The van der Waals surface area contributed by atoms with Gasteiger partial charge in [-0.25, -0.2) is 15.0 Å². The molecular formula is C16H22N8. The fourth-order valence-corrected chi connectivity index (χ4v) is 3.46. The molecule has 4 heterocycles. The minimum absolute atomic E-state index is 0.544. The maximum absolute atomic E-state index is 4.48. The first-order chi connectivity index (χ1) is 11.8. The Hall–Kier alpha value is -2.51. The zero-order valence-corrected chi connectivity index (χ0v) is 13.9. The van der Waals surface area contributed by atoms with Crippen LogP contribution in [0.15, 0.2) is 18.9 Å². The van der Waals surface area contributed by atoms with Crippen LogP contribution in [0.5, 0.6) is 0 Å². The van der Waals surface area contributed by atoms with Gasteiger partial charge in [0, 0.05) is 25.8 Å². The Morgan fingerprint density at radius 2 is 2.25 bits per heavy atom. The molecule has 8 nitrogen and oxygen atoms in total. The number of nitrogens with one attached hydrogen (secondary N) is 1. The summed E-state index contributed by atoms with van der Waals surface area (Å²) < 4.78 is 1.99. The summed E-state index contributed by atoms with van der Waals surface area (Å²) in [6.07, 6.45) is 9.81. The topological polar surface area (TPSA) is 88.4 Å². The number of anilines is 1. The van der Waals surface area contributed by atoms with E-state index in [1.807, 2.05) is 4.68 Å². The third-order valence-corrected chi connectivity index (χ3v) is 4.56. The van der Waals surface area contributed by atoms with Crippen LogP contribution >= 0.6 is 0 Å². The first kappa shape index (κ1) is 15.0. The number of hydrogen-bond donors (Lipinski definition) is 1. The number of fused-ring (bicyclic) bond motifs is 1. The van der Waals surface area contributed by atoms with Gasteiger partial charge in [-0.3, -0.25) is 4.68 Å². The Balaban J connectivity index is 1.48. The Labute approximate surface area is 140 Å². The standard InChI is InChI=1S/C16H22N8/c1-2-4-13-9-24(22-21-13)8-12-5-3-6-23(7-12)16-14-15(18-10-17-14)19-11-20-16/h9-12H,2-8H2,1H3,(H,17,18,19,20). The van der Waals surface area contributed by atoms with E-state index in [4.69, 9.17) is 0 Å². The number of piperidine rings is 1. The summed E-state index contributed by atoms with van der Waals surface area (Å²) >= 11 is 0. The van der Waals surface area contributed by atoms with Crippen molar-refractivity contribution in [2.45, 2.75) is 39.2 Å². The summed E-state index contributed by atoms with van der Waals surface area (Å²) in [6, 6.07) is 0. The van der Waals surface area contributed by atoms with E-state index >= 15 is 0 Å². The first-order valence-corrected chi connectivity index (χ1v) is 8.61. The molecule has 0 saturated carbocycles. The summed E-state index contributed by atoms with van der Waals surface area (Å²) in [5.41, 5.74) is 2.73. The van der Waals surface area contributed by atoms with Crippen molar-refractivity contribution in [1.82, 2.24) is 34.9 Å². The van der Waals surface area contributed by atoms with Gasteiger partial charge >= 0.3 is 0 Å². The molecule has 0 bridgehead atoms. The number of aromatic amines is 1. The van der Waals surface area contributed by atoms with Gasteiger partial charge in [0.1, 0.15) is 11.8 Å². The molecule has 0 spiro atoms. The van der Waals surface area contributed by atoms with E-state index in [0.29, 0.717) is 5.92 Å². The average molecular weight is 326 g/mol. The molecular weight excluding hydrogens is 304 g/mol. The van der Waals surface area contributed by atoms with E-state index in [2.05, 4.69) is 48.3 Å². The fourth-order valence-electron chi connectivity index (χ4n) is 3.46. The van der Waals surface area contributed by atoms with Gasteiger partial charge in [0.2, 0.25) is 0 Å². The van der Waals surface area contributed by atoms with E-state index < -0.39 is 0 Å². The Bertz CT molecular complexity index is 807. The molecule has 4 rings (SSSR count). The van der Waals surface area contributed by atoms with Gasteiger partial charge < -0.3 is 9.88 Å². The highest BCUT2D eigenvalue weighted by Crippen LogP contribution is 2.26. The number of rotatable bonds is 5. The van der Waals surface area contributed by atoms with Gasteiger partial charge in [0.15, 0.2) is 11.5 Å². The fraction of sp³-hybridized carbons (Fsp3) is 0.562. The minimum Gasteiger partial charge on any atom is -0.354 e. The minimum atomic E-state index is 0.544. The molecule has 8 heteroatoms. The van der Waals surface area contributed by atoms with Crippen LogP contribution in [-0.2, 0) is 13.0 Å². The zero-order valence-electron chi connectivity index (χ0n) is 13.9. The van der Waals surface area contributed by atoms with Crippen LogP contribution in [0.1, 0.15) is 31.9 Å². The highest BCUT2D eigenvalue weighted by atomic mass is 15.4. The third kappa shape index (κ3) is 2.95. The highest BCUT2D eigenvalue weighted by Gasteiger charge is 2.23. The molecule has 0 radical (unpaired) electrons. The van der Waals surface area contributed by atoms with Gasteiger partial charge in [-0.15, -0.1) is 5.10 Å². The molecule has 3 aromatic heterocycles. The number of aryl methyl sites for hydroxylation is 1. The molecule has 0 aromatic carbocycles. The molecule has 0 aliphatic carbocycles. The Kier molecular flexibility index (Phi) is 4.10. The second-order valence-corrected chi connectivity index (χ2v) is 6.43. The molecule has 126 valence electrons. The summed E-state index contributed by atoms with van der Waals surface area (Å²) in [4.78, 5) is 18.4. The number of aromatic nitrogens is 7. The molecule has 1 unspecified atom stereocenters. The lowest BCUT2D eigenvalue weighted by molar-refractivity contribution is 0.347. The van der Waals surface area contributed by atoms with E-state index in [-0.39, 0.29) is 0 Å². The lowest BCUT2D eigenvalue weighted by Gasteiger charge is -2.33. The molecule has 1 aliphatic heterocycles. The number of imidazole rings is 1. The molecule has 1 saturated heterocycles. The molecule has 0 amide bonds. The van der Waals surface area contributed by atoms with Crippen molar-refractivity contribution in [3.8, 4) is 0 Å². The molecule has 3 aromatic rings. The predicted octanol–water partition coefficient (Wildman–Crippen LogP) is 1.81. The predicted molar refractivity (Wildman–Crippen MR) is 90.6 cm³/mol. The Morgan fingerprint density at radius 3 is 3.17 bits per heavy atom. The average Bonchev–Trinajstić information content (AvgIpc) is 3.24. The second kappa shape index (κ2) is 6.54. The largest absolute Gasteiger partial charge is 0.354 e. The number of H-pyrrole nitrogens is 1. The van der Waals surface area contributed by atoms with Gasteiger partial charge in [-0.05, 0) is 25.2 Å². The molecule has 1 atom stereocenters. The summed E-state index contributed by atoms with van der Waals surface area (Å²) in [7, 11) is 0. The zero-order chi connectivity index (χ0) is 16.4. The lowest BCUT2D eigenvalue weighted by Crippen LogP contribution is -2.37. The second-order valence-electron chi connectivity index (χ2n) is 6.43. The highest BCUT2D eigenvalue weighted by molar-refractivity contribution is 5.82. The van der Waals surface area contributed by atoms with E-state index in [1.165, 1.54) is 6.42 Å². The van der Waals surface area contributed by atoms with Crippen molar-refractivity contribution in [3.05, 3.63) is 24.5 Å². The van der Waals surface area contributed by atoms with Crippen molar-refractivity contribution in [3.63, 3.8) is 0 Å². The summed E-state index contributed by atoms with van der Waals surface area (Å²) in [5, 5.41) is 8.52. The first-order valence-electron chi connectivity index (χ1n) is 8.61. The van der Waals surface area contributed by atoms with Crippen molar-refractivity contribution >= 4 is 17.0 Å². The third-order valence-electron chi connectivity index (χ3n) is 4.56. The van der Waals surface area contributed by atoms with Crippen LogP contribution in [0.2, 0.25) is 0 Å². The monoisotopic (exact) mass is 326 g/mol. The van der Waals surface area contributed by atoms with Crippen LogP contribution in [0, 0.1) is 5.92 Å². The maximum atomic E-state index is 4.48. The van der Waals surface area contributed by atoms with Crippen LogP contribution < -0.4 is 4.90 Å². The number of nitrogens with zero attached hydrogens (tertiary/aromatic N) is 7. The van der Waals surface area contributed by atoms with E-state index in [0.717, 1.165) is 61.6 Å². The van der Waals surface area contributed by atoms with Crippen molar-refractivity contribution in [2.75, 3.05) is 18.0 Å². The smallest absolute Gasteiger partial charge is 0.182 e. The van der Waals surface area contributed by atoms with Crippen molar-refractivity contribution < 1.29 is 0 Å². The summed E-state index contributed by atoms with van der Waals surface area (Å²) in [6.45, 7) is 5.05. The van der Waals surface area contributed by atoms with Gasteiger partial charge in [-0.1, -0.05) is 18.6 Å². The van der Waals surface area contributed by atoms with Gasteiger partial charge in [-0.2, -0.15) is 0 Å². The van der Waals surface area contributed by atoms with E-state index in [1.54, 1.807) is 12.7 Å². The van der Waals surface area contributed by atoms with Crippen LogP contribution in [0.4, 0.5) is 5.82 Å². The normalized spacial score (nSPS) is 18.4. The molecule has 24 heavy (non-hydrogen) atoms. The molecule has 1 N–H and O–H groups in total. The summed E-state index contributed by atoms with van der Waals surface area (Å²) in [5.74, 6) is 1.50. The van der Waals surface area contributed by atoms with Gasteiger partial charge in [0.05, 0.1) is 12.0 Å². The molecule has 1 aliphatic rings. The Morgan fingerprint density at radius 1 is 1.29 bits per heavy atom. The lowest BCUT2D eigenvalue weighted by atomic mass is 9.98. The van der Waals surface area contributed by atoms with Gasteiger partial charge in [0.25, 0.3) is 0 Å². The van der Waals surface area contributed by atoms with Crippen molar-refractivity contribution in [2.24, 2.45) is 5.92 Å². The number of hydrogen-bond acceptors (Lipinski definition) is 6. The maximum Gasteiger partial charge on any atom is 0.182 e. The van der Waals surface area contributed by atoms with Crippen LogP contribution in [0.25, 0.3) is 11.2 Å². The van der Waals surface area contributed by atoms with E-state index in [9.17, 15) is 0 Å². The quantitative estimate of drug-likeness (QED) is 0.769.